The second kappa shape index (κ2) is 7.71. The third kappa shape index (κ3) is 6.25. The molecule has 0 unspecified atom stereocenters. The van der Waals surface area contributed by atoms with Gasteiger partial charge in [-0.05, 0) is 12.3 Å². The van der Waals surface area contributed by atoms with E-state index in [9.17, 15) is 5.21 Å². The van der Waals surface area contributed by atoms with Crippen LogP contribution in [0.1, 0.15) is 0 Å². The molecule has 76 valence electrons. The molecule has 0 aliphatic heterocycles. The molecule has 0 fully saturated rings. The molecule has 0 bridgehead atoms. The van der Waals surface area contributed by atoms with E-state index in [-0.39, 0.29) is 13.5 Å². The van der Waals surface area contributed by atoms with Crippen molar-refractivity contribution in [3.63, 3.8) is 0 Å². The van der Waals surface area contributed by atoms with Gasteiger partial charge in [0.05, 0.1) is 6.73 Å². The summed E-state index contributed by atoms with van der Waals surface area (Å²) in [6.45, 7) is 3.12. The van der Waals surface area contributed by atoms with Crippen molar-refractivity contribution in [2.24, 2.45) is 15.4 Å². The van der Waals surface area contributed by atoms with Crippen LogP contribution >= 0.6 is 0 Å². The average molecular weight is 188 g/mol. The molecule has 8 heteroatoms. The summed E-state index contributed by atoms with van der Waals surface area (Å²) < 4.78 is 4.89. The SMILES string of the molecule is C=NN=NCOCN([N-]C)N(C)[O-]. The zero-order chi connectivity index (χ0) is 10.1. The standard InChI is InChI=1S/C5H12N6O2/c1-6-9-8-4-13-5-11(7-2)10(3)12/h1,4-5H2,2-3H3/q-2. The third-order valence-corrected chi connectivity index (χ3v) is 1.04. The van der Waals surface area contributed by atoms with Gasteiger partial charge in [0.25, 0.3) is 0 Å². The van der Waals surface area contributed by atoms with Gasteiger partial charge in [-0.3, -0.25) is 0 Å². The van der Waals surface area contributed by atoms with E-state index in [2.05, 4.69) is 27.6 Å². The summed E-state index contributed by atoms with van der Waals surface area (Å²) in [5.41, 5.74) is 3.62. The van der Waals surface area contributed by atoms with Crippen molar-refractivity contribution < 1.29 is 4.74 Å². The maximum Gasteiger partial charge on any atom is 0.162 e. The van der Waals surface area contributed by atoms with Crippen molar-refractivity contribution in [1.29, 1.82) is 0 Å². The van der Waals surface area contributed by atoms with E-state index in [0.29, 0.717) is 5.17 Å². The number of hydrogen-bond donors (Lipinski definition) is 0. The summed E-state index contributed by atoms with van der Waals surface area (Å²) in [6.07, 6.45) is 0. The van der Waals surface area contributed by atoms with E-state index in [1.807, 2.05) is 0 Å². The number of hydrogen-bond acceptors (Lipinski definition) is 6. The summed E-state index contributed by atoms with van der Waals surface area (Å²) >= 11 is 0. The minimum atomic E-state index is 0.0128. The highest BCUT2D eigenvalue weighted by Gasteiger charge is 1.89. The Hall–Kier alpha value is -0.930. The lowest BCUT2D eigenvalue weighted by molar-refractivity contribution is -0.0388. The Morgan fingerprint density at radius 1 is 1.62 bits per heavy atom. The quantitative estimate of drug-likeness (QED) is 0.192. The number of ether oxygens (including phenoxy) is 1. The Kier molecular flexibility index (Phi) is 7.15. The minimum absolute atomic E-state index is 0.0128. The van der Waals surface area contributed by atoms with E-state index in [1.54, 1.807) is 0 Å². The van der Waals surface area contributed by atoms with Crippen LogP contribution in [-0.2, 0) is 4.74 Å². The zero-order valence-corrected chi connectivity index (χ0v) is 7.62. The van der Waals surface area contributed by atoms with E-state index in [4.69, 9.17) is 4.74 Å². The molecule has 0 N–H and O–H groups in total. The fourth-order valence-electron chi connectivity index (χ4n) is 0.499. The van der Waals surface area contributed by atoms with E-state index in [0.717, 1.165) is 5.12 Å². The van der Waals surface area contributed by atoms with Gasteiger partial charge in [0.1, 0.15) is 0 Å². The average Bonchev–Trinajstić information content (AvgIpc) is 2.10. The van der Waals surface area contributed by atoms with Gasteiger partial charge in [-0.1, -0.05) is 0 Å². The predicted molar refractivity (Wildman–Crippen MR) is 47.5 cm³/mol. The minimum Gasteiger partial charge on any atom is -0.773 e. The molecule has 0 saturated heterocycles. The number of hydrazine groups is 1. The summed E-state index contributed by atoms with van der Waals surface area (Å²) in [7, 11) is 2.79. The van der Waals surface area contributed by atoms with Crippen molar-refractivity contribution in [3.05, 3.63) is 10.6 Å². The number of nitrogens with zero attached hydrogens (tertiary/aromatic N) is 6. The summed E-state index contributed by atoms with van der Waals surface area (Å²) in [6, 6.07) is 0. The van der Waals surface area contributed by atoms with Crippen LogP contribution in [0.3, 0.4) is 0 Å². The van der Waals surface area contributed by atoms with Gasteiger partial charge in [-0.2, -0.15) is 7.05 Å². The molecule has 0 aliphatic rings. The molecular weight excluding hydrogens is 176 g/mol. The molecule has 0 spiro atoms. The molecule has 0 radical (unpaired) electrons. The lowest BCUT2D eigenvalue weighted by atomic mass is 11.1. The molecule has 13 heavy (non-hydrogen) atoms. The molecule has 0 saturated carbocycles. The van der Waals surface area contributed by atoms with Crippen LogP contribution in [0, 0.1) is 5.21 Å². The third-order valence-electron chi connectivity index (χ3n) is 1.04. The first-order valence-corrected chi connectivity index (χ1v) is 3.40. The van der Waals surface area contributed by atoms with Crippen molar-refractivity contribution in [1.82, 2.24) is 10.3 Å². The van der Waals surface area contributed by atoms with Gasteiger partial charge < -0.3 is 25.7 Å². The molecule has 0 heterocycles. The predicted octanol–water partition coefficient (Wildman–Crippen LogP) is 0.551. The Balaban J connectivity index is 3.49. The maximum atomic E-state index is 10.7. The molecule has 0 aromatic rings. The zero-order valence-electron chi connectivity index (χ0n) is 7.62. The van der Waals surface area contributed by atoms with E-state index < -0.39 is 0 Å². The van der Waals surface area contributed by atoms with Gasteiger partial charge in [0.15, 0.2) is 6.73 Å². The Labute approximate surface area is 76.4 Å². The van der Waals surface area contributed by atoms with Gasteiger partial charge in [-0.15, -0.1) is 10.2 Å². The Bertz CT molecular complexity index is 161. The Morgan fingerprint density at radius 2 is 2.31 bits per heavy atom. The lowest BCUT2D eigenvalue weighted by Gasteiger charge is -2.45. The fraction of sp³-hybridized carbons (Fsp3) is 0.800. The highest BCUT2D eigenvalue weighted by Crippen LogP contribution is 1.97. The van der Waals surface area contributed by atoms with Crippen LogP contribution in [-0.4, -0.2) is 44.6 Å². The molecule has 0 rings (SSSR count). The summed E-state index contributed by atoms with van der Waals surface area (Å²) in [5.74, 6) is 0. The Morgan fingerprint density at radius 3 is 2.77 bits per heavy atom. The van der Waals surface area contributed by atoms with Crippen LogP contribution < -0.4 is 0 Å². The van der Waals surface area contributed by atoms with Crippen LogP contribution in [0.4, 0.5) is 0 Å². The van der Waals surface area contributed by atoms with Gasteiger partial charge in [0, 0.05) is 6.72 Å². The molecule has 0 aromatic carbocycles. The van der Waals surface area contributed by atoms with Gasteiger partial charge >= 0.3 is 0 Å². The highest BCUT2D eigenvalue weighted by atomic mass is 16.6. The van der Waals surface area contributed by atoms with Crippen LogP contribution in [0.25, 0.3) is 5.43 Å². The topological polar surface area (TPSA) is 90.0 Å². The second-order valence-electron chi connectivity index (χ2n) is 1.87. The summed E-state index contributed by atoms with van der Waals surface area (Å²) in [5, 5.41) is 22.1. The van der Waals surface area contributed by atoms with E-state index in [1.165, 1.54) is 14.1 Å². The van der Waals surface area contributed by atoms with Crippen molar-refractivity contribution >= 4 is 6.72 Å². The molecular formula is C5H12N6O2-2. The molecule has 0 aromatic heterocycles. The van der Waals surface area contributed by atoms with Crippen molar-refractivity contribution in [3.8, 4) is 0 Å². The molecule has 0 amide bonds. The maximum absolute atomic E-state index is 10.7. The summed E-state index contributed by atoms with van der Waals surface area (Å²) in [4.78, 5) is 0. The lowest BCUT2D eigenvalue weighted by Crippen LogP contribution is -2.33. The second-order valence-corrected chi connectivity index (χ2v) is 1.87. The van der Waals surface area contributed by atoms with Crippen LogP contribution in [0.5, 0.6) is 0 Å². The number of rotatable bonds is 7. The normalized spacial score (nSPS) is 11.8. The number of hydroxylamine groups is 1. The highest BCUT2D eigenvalue weighted by molar-refractivity contribution is 5.22. The van der Waals surface area contributed by atoms with Gasteiger partial charge in [0.2, 0.25) is 0 Å². The molecule has 8 nitrogen and oxygen atoms in total. The smallest absolute Gasteiger partial charge is 0.162 e. The largest absolute Gasteiger partial charge is 0.773 e. The van der Waals surface area contributed by atoms with Gasteiger partial charge in [-0.25, -0.2) is 0 Å². The fourth-order valence-corrected chi connectivity index (χ4v) is 0.499. The van der Waals surface area contributed by atoms with Crippen molar-refractivity contribution in [2.75, 3.05) is 27.6 Å². The van der Waals surface area contributed by atoms with Crippen LogP contribution in [0.2, 0.25) is 0 Å². The molecule has 0 aliphatic carbocycles. The van der Waals surface area contributed by atoms with Crippen molar-refractivity contribution in [2.45, 2.75) is 0 Å². The molecule has 0 atom stereocenters. The first-order valence-electron chi connectivity index (χ1n) is 3.40. The van der Waals surface area contributed by atoms with E-state index >= 15 is 0 Å². The first-order chi connectivity index (χ1) is 6.22. The first kappa shape index (κ1) is 12.1. The monoisotopic (exact) mass is 188 g/mol. The van der Waals surface area contributed by atoms with Crippen LogP contribution in [0.15, 0.2) is 15.4 Å².